The van der Waals surface area contributed by atoms with Crippen LogP contribution in [0.2, 0.25) is 0 Å². The van der Waals surface area contributed by atoms with Gasteiger partial charge in [0.2, 0.25) is 15.9 Å². The number of aryl methyl sites for hydroxylation is 1. The predicted molar refractivity (Wildman–Crippen MR) is 83.9 cm³/mol. The van der Waals surface area contributed by atoms with Crippen molar-refractivity contribution in [2.75, 3.05) is 29.4 Å². The van der Waals surface area contributed by atoms with Crippen LogP contribution in [0.25, 0.3) is 0 Å². The molecule has 0 aliphatic carbocycles. The molecule has 1 aromatic rings. The van der Waals surface area contributed by atoms with E-state index in [9.17, 15) is 13.2 Å². The molecule has 0 saturated carbocycles. The first-order valence-electron chi connectivity index (χ1n) is 6.95. The first kappa shape index (κ1) is 15.8. The van der Waals surface area contributed by atoms with Crippen LogP contribution in [0.3, 0.4) is 0 Å². The number of hydrogen-bond donors (Lipinski definition) is 3. The summed E-state index contributed by atoms with van der Waals surface area (Å²) in [5.41, 5.74) is 1.89. The summed E-state index contributed by atoms with van der Waals surface area (Å²) in [4.78, 5) is 12.2. The van der Waals surface area contributed by atoms with E-state index in [0.29, 0.717) is 17.9 Å². The molecule has 116 valence electrons. The second-order valence-corrected chi connectivity index (χ2v) is 7.18. The van der Waals surface area contributed by atoms with Gasteiger partial charge in [0.25, 0.3) is 0 Å². The van der Waals surface area contributed by atoms with E-state index in [-0.39, 0.29) is 11.8 Å². The second-order valence-electron chi connectivity index (χ2n) is 5.44. The van der Waals surface area contributed by atoms with Gasteiger partial charge in [-0.25, -0.2) is 8.42 Å². The van der Waals surface area contributed by atoms with Gasteiger partial charge in [-0.3, -0.25) is 9.52 Å². The van der Waals surface area contributed by atoms with Crippen molar-refractivity contribution in [2.45, 2.75) is 19.8 Å². The fraction of sp³-hybridized carbons (Fsp3) is 0.500. The molecule has 1 fully saturated rings. The first-order chi connectivity index (χ1) is 9.85. The van der Waals surface area contributed by atoms with Crippen LogP contribution in [0.1, 0.15) is 18.4 Å². The SMILES string of the molecule is Cc1ccc(NC(=O)C2CCCNC2)cc1NS(C)(=O)=O. The van der Waals surface area contributed by atoms with Crippen molar-refractivity contribution in [1.82, 2.24) is 5.32 Å². The van der Waals surface area contributed by atoms with Crippen molar-refractivity contribution in [3.05, 3.63) is 23.8 Å². The maximum absolute atomic E-state index is 12.2. The third kappa shape index (κ3) is 4.71. The zero-order chi connectivity index (χ0) is 15.5. The number of rotatable bonds is 4. The lowest BCUT2D eigenvalue weighted by Gasteiger charge is -2.22. The van der Waals surface area contributed by atoms with Gasteiger partial charge in [-0.1, -0.05) is 6.07 Å². The van der Waals surface area contributed by atoms with Gasteiger partial charge in [0.15, 0.2) is 0 Å². The third-order valence-corrected chi connectivity index (χ3v) is 4.06. The molecule has 1 aliphatic rings. The van der Waals surface area contributed by atoms with E-state index < -0.39 is 10.0 Å². The first-order valence-corrected chi connectivity index (χ1v) is 8.84. The summed E-state index contributed by atoms with van der Waals surface area (Å²) in [5, 5.41) is 6.05. The smallest absolute Gasteiger partial charge is 0.229 e. The lowest BCUT2D eigenvalue weighted by atomic mass is 9.99. The predicted octanol–water partition coefficient (Wildman–Crippen LogP) is 1.30. The normalized spacial score (nSPS) is 19.0. The molecular weight excluding hydrogens is 290 g/mol. The van der Waals surface area contributed by atoms with Crippen molar-refractivity contribution in [2.24, 2.45) is 5.92 Å². The largest absolute Gasteiger partial charge is 0.326 e. The molecule has 21 heavy (non-hydrogen) atoms. The number of sulfonamides is 1. The van der Waals surface area contributed by atoms with Gasteiger partial charge in [0.1, 0.15) is 0 Å². The van der Waals surface area contributed by atoms with Gasteiger partial charge >= 0.3 is 0 Å². The summed E-state index contributed by atoms with van der Waals surface area (Å²) in [6, 6.07) is 5.20. The molecular formula is C14H21N3O3S. The van der Waals surface area contributed by atoms with Crippen LogP contribution < -0.4 is 15.4 Å². The van der Waals surface area contributed by atoms with Crippen LogP contribution in [-0.4, -0.2) is 33.7 Å². The van der Waals surface area contributed by atoms with Crippen LogP contribution in [0.5, 0.6) is 0 Å². The number of carbonyl (C=O) groups excluding carboxylic acids is 1. The highest BCUT2D eigenvalue weighted by atomic mass is 32.2. The third-order valence-electron chi connectivity index (χ3n) is 3.47. The molecule has 0 aromatic heterocycles. The van der Waals surface area contributed by atoms with Gasteiger partial charge in [-0.2, -0.15) is 0 Å². The van der Waals surface area contributed by atoms with Crippen molar-refractivity contribution in [1.29, 1.82) is 0 Å². The molecule has 2 rings (SSSR count). The Morgan fingerprint density at radius 2 is 2.14 bits per heavy atom. The van der Waals surface area contributed by atoms with Crippen LogP contribution in [-0.2, 0) is 14.8 Å². The summed E-state index contributed by atoms with van der Waals surface area (Å²) < 4.78 is 25.1. The number of hydrogen-bond acceptors (Lipinski definition) is 4. The number of piperidine rings is 1. The maximum Gasteiger partial charge on any atom is 0.229 e. The average molecular weight is 311 g/mol. The van der Waals surface area contributed by atoms with Crippen molar-refractivity contribution in [3.8, 4) is 0 Å². The summed E-state index contributed by atoms with van der Waals surface area (Å²) in [6.45, 7) is 3.45. The lowest BCUT2D eigenvalue weighted by molar-refractivity contribution is -0.120. The Bertz CT molecular complexity index is 622. The van der Waals surface area contributed by atoms with Crippen LogP contribution in [0.4, 0.5) is 11.4 Å². The zero-order valence-corrected chi connectivity index (χ0v) is 13.1. The minimum atomic E-state index is -3.34. The highest BCUT2D eigenvalue weighted by molar-refractivity contribution is 7.92. The minimum absolute atomic E-state index is 0.0311. The average Bonchev–Trinajstić information content (AvgIpc) is 2.42. The molecule has 7 heteroatoms. The Kier molecular flexibility index (Phi) is 4.84. The highest BCUT2D eigenvalue weighted by Crippen LogP contribution is 2.22. The van der Waals surface area contributed by atoms with Crippen molar-refractivity contribution < 1.29 is 13.2 Å². The molecule has 0 radical (unpaired) electrons. The molecule has 6 nitrogen and oxygen atoms in total. The molecule has 1 aliphatic heterocycles. The Morgan fingerprint density at radius 3 is 2.76 bits per heavy atom. The maximum atomic E-state index is 12.2. The van der Waals surface area contributed by atoms with E-state index in [1.807, 2.05) is 6.92 Å². The van der Waals surface area contributed by atoms with Crippen molar-refractivity contribution >= 4 is 27.3 Å². The highest BCUT2D eigenvalue weighted by Gasteiger charge is 2.21. The van der Waals surface area contributed by atoms with E-state index in [0.717, 1.165) is 31.2 Å². The van der Waals surface area contributed by atoms with Crippen LogP contribution in [0.15, 0.2) is 18.2 Å². The molecule has 0 spiro atoms. The van der Waals surface area contributed by atoms with E-state index in [4.69, 9.17) is 0 Å². The number of amides is 1. The van der Waals surface area contributed by atoms with Gasteiger partial charge in [0, 0.05) is 12.2 Å². The van der Waals surface area contributed by atoms with E-state index in [1.165, 1.54) is 0 Å². The zero-order valence-electron chi connectivity index (χ0n) is 12.3. The number of anilines is 2. The second kappa shape index (κ2) is 6.44. The standard InChI is InChI=1S/C14H21N3O3S/c1-10-5-6-12(8-13(10)17-21(2,19)20)16-14(18)11-4-3-7-15-9-11/h5-6,8,11,15,17H,3-4,7,9H2,1-2H3,(H,16,18). The summed E-state index contributed by atoms with van der Waals surface area (Å²) in [6.07, 6.45) is 2.97. The fourth-order valence-corrected chi connectivity index (χ4v) is 2.95. The molecule has 1 unspecified atom stereocenters. The minimum Gasteiger partial charge on any atom is -0.326 e. The molecule has 0 bridgehead atoms. The lowest BCUT2D eigenvalue weighted by Crippen LogP contribution is -2.37. The molecule has 1 amide bonds. The quantitative estimate of drug-likeness (QED) is 0.782. The van der Waals surface area contributed by atoms with Gasteiger partial charge < -0.3 is 10.6 Å². The van der Waals surface area contributed by atoms with E-state index in [1.54, 1.807) is 18.2 Å². The Morgan fingerprint density at radius 1 is 1.38 bits per heavy atom. The van der Waals surface area contributed by atoms with Crippen molar-refractivity contribution in [3.63, 3.8) is 0 Å². The van der Waals surface area contributed by atoms with Gasteiger partial charge in [-0.05, 0) is 44.0 Å². The Labute approximate surface area is 125 Å². The molecule has 3 N–H and O–H groups in total. The molecule has 1 aromatic carbocycles. The summed E-state index contributed by atoms with van der Waals surface area (Å²) in [7, 11) is -3.34. The number of carbonyl (C=O) groups is 1. The molecule has 1 saturated heterocycles. The van der Waals surface area contributed by atoms with Gasteiger partial charge in [-0.15, -0.1) is 0 Å². The Balaban J connectivity index is 2.09. The monoisotopic (exact) mass is 311 g/mol. The van der Waals surface area contributed by atoms with Gasteiger partial charge in [0.05, 0.1) is 17.9 Å². The number of nitrogens with one attached hydrogen (secondary N) is 3. The van der Waals surface area contributed by atoms with Crippen LogP contribution >= 0.6 is 0 Å². The topological polar surface area (TPSA) is 87.3 Å². The van der Waals surface area contributed by atoms with Crippen LogP contribution in [0, 0.1) is 12.8 Å². The Hall–Kier alpha value is -1.60. The van der Waals surface area contributed by atoms with E-state index >= 15 is 0 Å². The fourth-order valence-electron chi connectivity index (χ4n) is 2.33. The summed E-state index contributed by atoms with van der Waals surface area (Å²) >= 11 is 0. The van der Waals surface area contributed by atoms with E-state index in [2.05, 4.69) is 15.4 Å². The molecule has 1 heterocycles. The molecule has 1 atom stereocenters. The summed E-state index contributed by atoms with van der Waals surface area (Å²) in [5.74, 6) is -0.0669. The number of benzene rings is 1.